The minimum atomic E-state index is -0.877. The van der Waals surface area contributed by atoms with Crippen LogP contribution in [0.1, 0.15) is 37.8 Å². The predicted molar refractivity (Wildman–Crippen MR) is 152 cm³/mol. The standard InChI is InChI=1S/C29H38N4O4S/c1-19(22-17-38-24-14-10-9-13-21(22)24)26(33(5)25(34)16-37-18-29(2,3)30)28(36)32-23(27(35)31-4)15-20-11-7-6-8-12-20/h6-14,17,19,23,26H,15-16,18,30H2,1-5H3,(H,31,35)(H,32,36). The summed E-state index contributed by atoms with van der Waals surface area (Å²) in [6.07, 6.45) is 0.321. The lowest BCUT2D eigenvalue weighted by Crippen LogP contribution is -2.56. The first-order valence-corrected chi connectivity index (χ1v) is 13.5. The molecule has 3 amide bonds. The number of thiophene rings is 1. The number of rotatable bonds is 12. The van der Waals surface area contributed by atoms with E-state index in [0.717, 1.165) is 21.2 Å². The molecule has 0 bridgehead atoms. The third-order valence-electron chi connectivity index (χ3n) is 6.42. The molecule has 1 aromatic heterocycles. The fourth-order valence-corrected chi connectivity index (χ4v) is 5.47. The van der Waals surface area contributed by atoms with Gasteiger partial charge in [0.15, 0.2) is 0 Å². The number of nitrogens with one attached hydrogen (secondary N) is 2. The van der Waals surface area contributed by atoms with Gasteiger partial charge in [0.1, 0.15) is 18.7 Å². The maximum Gasteiger partial charge on any atom is 0.249 e. The summed E-state index contributed by atoms with van der Waals surface area (Å²) in [5.41, 5.74) is 7.27. The second kappa shape index (κ2) is 13.0. The van der Waals surface area contributed by atoms with Crippen molar-refractivity contribution in [1.82, 2.24) is 15.5 Å². The van der Waals surface area contributed by atoms with Gasteiger partial charge in [-0.05, 0) is 41.8 Å². The van der Waals surface area contributed by atoms with Crippen LogP contribution in [0.15, 0.2) is 60.0 Å². The van der Waals surface area contributed by atoms with Crippen molar-refractivity contribution < 1.29 is 19.1 Å². The molecule has 3 rings (SSSR count). The number of amides is 3. The summed E-state index contributed by atoms with van der Waals surface area (Å²) >= 11 is 1.59. The van der Waals surface area contributed by atoms with Crippen LogP contribution in [0.2, 0.25) is 0 Å². The summed E-state index contributed by atoms with van der Waals surface area (Å²) < 4.78 is 6.66. The summed E-state index contributed by atoms with van der Waals surface area (Å²) in [5, 5.41) is 8.63. The number of hydrogen-bond acceptors (Lipinski definition) is 6. The normalized spacial score (nSPS) is 13.9. The van der Waals surface area contributed by atoms with Gasteiger partial charge in [0.05, 0.1) is 6.61 Å². The Hall–Kier alpha value is -3.27. The summed E-state index contributed by atoms with van der Waals surface area (Å²) in [4.78, 5) is 41.2. The lowest BCUT2D eigenvalue weighted by atomic mass is 9.90. The Kier molecular flexibility index (Phi) is 10.0. The van der Waals surface area contributed by atoms with Crippen molar-refractivity contribution in [3.05, 3.63) is 71.1 Å². The molecule has 9 heteroatoms. The summed E-state index contributed by atoms with van der Waals surface area (Å²) in [7, 11) is 3.14. The van der Waals surface area contributed by atoms with Crippen LogP contribution in [0.4, 0.5) is 0 Å². The van der Waals surface area contributed by atoms with Gasteiger partial charge in [-0.1, -0.05) is 55.5 Å². The number of ether oxygens (including phenoxy) is 1. The average Bonchev–Trinajstić information content (AvgIpc) is 3.32. The third-order valence-corrected chi connectivity index (χ3v) is 7.40. The van der Waals surface area contributed by atoms with E-state index in [2.05, 4.69) is 10.6 Å². The van der Waals surface area contributed by atoms with Crippen LogP contribution < -0.4 is 16.4 Å². The molecule has 0 radical (unpaired) electrons. The van der Waals surface area contributed by atoms with Gasteiger partial charge in [0.2, 0.25) is 17.7 Å². The summed E-state index contributed by atoms with van der Waals surface area (Å²) in [5.74, 6) is -1.42. The quantitative estimate of drug-likeness (QED) is 0.328. The fourth-order valence-electron chi connectivity index (χ4n) is 4.41. The number of hydrogen-bond donors (Lipinski definition) is 3. The lowest BCUT2D eigenvalue weighted by molar-refractivity contribution is -0.144. The first-order chi connectivity index (χ1) is 18.0. The van der Waals surface area contributed by atoms with E-state index in [1.807, 2.05) is 80.7 Å². The molecule has 3 unspecified atom stereocenters. The van der Waals surface area contributed by atoms with E-state index in [0.29, 0.717) is 6.42 Å². The van der Waals surface area contributed by atoms with E-state index in [1.165, 1.54) is 11.9 Å². The molecule has 38 heavy (non-hydrogen) atoms. The van der Waals surface area contributed by atoms with Crippen molar-refractivity contribution in [2.45, 2.75) is 50.7 Å². The molecule has 3 aromatic rings. The zero-order chi connectivity index (χ0) is 27.9. The highest BCUT2D eigenvalue weighted by Gasteiger charge is 2.36. The minimum Gasteiger partial charge on any atom is -0.370 e. The van der Waals surface area contributed by atoms with E-state index in [1.54, 1.807) is 18.4 Å². The van der Waals surface area contributed by atoms with Gasteiger partial charge >= 0.3 is 0 Å². The molecule has 1 heterocycles. The Morgan fingerprint density at radius 3 is 2.37 bits per heavy atom. The van der Waals surface area contributed by atoms with Crippen molar-refractivity contribution in [2.75, 3.05) is 27.3 Å². The molecule has 0 aliphatic carbocycles. The number of nitrogens with zero attached hydrogens (tertiary/aromatic N) is 1. The van der Waals surface area contributed by atoms with E-state index < -0.39 is 23.5 Å². The van der Waals surface area contributed by atoms with Crippen molar-refractivity contribution >= 4 is 39.1 Å². The molecule has 0 spiro atoms. The fraction of sp³-hybridized carbons (Fsp3) is 0.414. The number of carbonyl (C=O) groups is 3. The highest BCUT2D eigenvalue weighted by Crippen LogP contribution is 2.34. The molecule has 2 aromatic carbocycles. The van der Waals surface area contributed by atoms with Gasteiger partial charge < -0.3 is 26.0 Å². The summed E-state index contributed by atoms with van der Waals surface area (Å²) in [6, 6.07) is 15.8. The predicted octanol–water partition coefficient (Wildman–Crippen LogP) is 3.06. The van der Waals surface area contributed by atoms with Crippen molar-refractivity contribution in [3.8, 4) is 0 Å². The number of likely N-dealkylation sites (N-methyl/N-ethyl adjacent to an activating group) is 2. The molecule has 0 fully saturated rings. The van der Waals surface area contributed by atoms with Crippen LogP contribution in [-0.2, 0) is 25.5 Å². The maximum absolute atomic E-state index is 13.9. The van der Waals surface area contributed by atoms with Gasteiger partial charge in [-0.3, -0.25) is 14.4 Å². The van der Waals surface area contributed by atoms with Crippen LogP contribution in [0.25, 0.3) is 10.1 Å². The zero-order valence-electron chi connectivity index (χ0n) is 22.7. The molecular formula is C29H38N4O4S. The Bertz CT molecular complexity index is 1240. The number of carbonyl (C=O) groups excluding carboxylic acids is 3. The smallest absolute Gasteiger partial charge is 0.249 e. The third kappa shape index (κ3) is 7.63. The van der Waals surface area contributed by atoms with Crippen molar-refractivity contribution in [3.63, 3.8) is 0 Å². The van der Waals surface area contributed by atoms with E-state index in [4.69, 9.17) is 10.5 Å². The number of fused-ring (bicyclic) bond motifs is 1. The monoisotopic (exact) mass is 538 g/mol. The van der Waals surface area contributed by atoms with Gasteiger partial charge in [0.25, 0.3) is 0 Å². The Morgan fingerprint density at radius 2 is 1.71 bits per heavy atom. The lowest BCUT2D eigenvalue weighted by Gasteiger charge is -2.33. The minimum absolute atomic E-state index is 0.198. The highest BCUT2D eigenvalue weighted by atomic mass is 32.1. The van der Waals surface area contributed by atoms with E-state index in [-0.39, 0.29) is 30.9 Å². The molecule has 3 atom stereocenters. The van der Waals surface area contributed by atoms with E-state index >= 15 is 0 Å². The SMILES string of the molecule is CNC(=O)C(Cc1ccccc1)NC(=O)C(C(C)c1csc2ccccc12)N(C)C(=O)COCC(C)(C)N. The van der Waals surface area contributed by atoms with Crippen LogP contribution in [0.3, 0.4) is 0 Å². The highest BCUT2D eigenvalue weighted by molar-refractivity contribution is 7.17. The first-order valence-electron chi connectivity index (χ1n) is 12.7. The number of benzene rings is 2. The molecule has 204 valence electrons. The van der Waals surface area contributed by atoms with Crippen LogP contribution in [0, 0.1) is 0 Å². The van der Waals surface area contributed by atoms with Crippen LogP contribution in [0.5, 0.6) is 0 Å². The van der Waals surface area contributed by atoms with Crippen molar-refractivity contribution in [1.29, 1.82) is 0 Å². The van der Waals surface area contributed by atoms with Gasteiger partial charge in [-0.2, -0.15) is 0 Å². The molecule has 0 aliphatic heterocycles. The second-order valence-corrected chi connectivity index (χ2v) is 11.2. The van der Waals surface area contributed by atoms with Gasteiger partial charge in [0, 0.05) is 36.7 Å². The maximum atomic E-state index is 13.9. The van der Waals surface area contributed by atoms with Crippen LogP contribution in [-0.4, -0.2) is 67.6 Å². The molecule has 8 nitrogen and oxygen atoms in total. The molecule has 0 saturated carbocycles. The zero-order valence-corrected chi connectivity index (χ0v) is 23.5. The Balaban J connectivity index is 1.90. The Labute approximate surface area is 228 Å². The summed E-state index contributed by atoms with van der Waals surface area (Å²) in [6.45, 7) is 5.54. The Morgan fingerprint density at radius 1 is 1.05 bits per heavy atom. The van der Waals surface area contributed by atoms with Crippen LogP contribution >= 0.6 is 11.3 Å². The topological polar surface area (TPSA) is 114 Å². The van der Waals surface area contributed by atoms with E-state index in [9.17, 15) is 14.4 Å². The molecule has 0 saturated heterocycles. The average molecular weight is 539 g/mol. The molecular weight excluding hydrogens is 500 g/mol. The van der Waals surface area contributed by atoms with Gasteiger partial charge in [-0.25, -0.2) is 0 Å². The molecule has 4 N–H and O–H groups in total. The molecule has 0 aliphatic rings. The largest absolute Gasteiger partial charge is 0.370 e. The second-order valence-electron chi connectivity index (χ2n) is 10.3. The van der Waals surface area contributed by atoms with Crippen molar-refractivity contribution in [2.24, 2.45) is 5.73 Å². The van der Waals surface area contributed by atoms with Gasteiger partial charge in [-0.15, -0.1) is 11.3 Å². The first kappa shape index (κ1) is 29.3. The number of nitrogens with two attached hydrogens (primary N) is 1.